The molecule has 230 valence electrons. The number of ether oxygens (including phenoxy) is 1. The average molecular weight is 595 g/mol. The molecule has 0 aliphatic rings. The Hall–Kier alpha value is -4.65. The van der Waals surface area contributed by atoms with Gasteiger partial charge in [-0.05, 0) is 49.6 Å². The van der Waals surface area contributed by atoms with Crippen LogP contribution in [-0.4, -0.2) is 34.5 Å². The summed E-state index contributed by atoms with van der Waals surface area (Å²) in [6, 6.07) is 25.4. The number of nitrogens with zero attached hydrogens (tertiary/aromatic N) is 1. The van der Waals surface area contributed by atoms with Gasteiger partial charge in [0.15, 0.2) is 5.78 Å². The molecule has 0 fully saturated rings. The van der Waals surface area contributed by atoms with Gasteiger partial charge in [-0.3, -0.25) is 4.79 Å². The lowest BCUT2D eigenvalue weighted by Crippen LogP contribution is -2.38. The number of carboxylic acids is 1. The number of carboxylic acid groups (broad SMARTS) is 1. The second-order valence-corrected chi connectivity index (χ2v) is 10.9. The number of aliphatic carboxylic acids is 1. The molecule has 0 aliphatic heterocycles. The molecule has 7 nitrogen and oxygen atoms in total. The number of nitrogens with one attached hydrogen (secondary N) is 1. The van der Waals surface area contributed by atoms with E-state index < -0.39 is 12.0 Å². The molecule has 2 N–H and O–H groups in total. The van der Waals surface area contributed by atoms with Crippen molar-refractivity contribution in [3.63, 3.8) is 0 Å². The van der Waals surface area contributed by atoms with Crippen LogP contribution in [0.2, 0.25) is 0 Å². The van der Waals surface area contributed by atoms with Crippen LogP contribution in [0.25, 0.3) is 11.5 Å². The number of ketones is 1. The van der Waals surface area contributed by atoms with E-state index >= 15 is 0 Å². The van der Waals surface area contributed by atoms with Crippen molar-refractivity contribution in [1.29, 1.82) is 0 Å². The summed E-state index contributed by atoms with van der Waals surface area (Å²) in [7, 11) is 0. The van der Waals surface area contributed by atoms with E-state index in [4.69, 9.17) is 9.15 Å². The Kier molecular flexibility index (Phi) is 12.4. The van der Waals surface area contributed by atoms with Gasteiger partial charge in [0.1, 0.15) is 17.6 Å². The molecule has 0 aliphatic carbocycles. The molecule has 0 amide bonds. The quantitative estimate of drug-likeness (QED) is 0.0684. The molecule has 4 rings (SSSR count). The third-order valence-electron chi connectivity index (χ3n) is 7.46. The van der Waals surface area contributed by atoms with Gasteiger partial charge in [0.2, 0.25) is 5.89 Å². The van der Waals surface area contributed by atoms with Crippen LogP contribution in [0.1, 0.15) is 72.8 Å². The molecule has 7 heteroatoms. The van der Waals surface area contributed by atoms with E-state index in [-0.39, 0.29) is 12.2 Å². The minimum atomic E-state index is -0.966. The predicted molar refractivity (Wildman–Crippen MR) is 173 cm³/mol. The van der Waals surface area contributed by atoms with Gasteiger partial charge in [-0.1, -0.05) is 93.3 Å². The summed E-state index contributed by atoms with van der Waals surface area (Å²) in [5, 5.41) is 13.2. The van der Waals surface area contributed by atoms with Crippen molar-refractivity contribution >= 4 is 11.8 Å². The van der Waals surface area contributed by atoms with Crippen LogP contribution in [0.3, 0.4) is 0 Å². The fourth-order valence-electron chi connectivity index (χ4n) is 4.96. The molecular formula is C37H42N2O5. The molecule has 4 aromatic rings. The summed E-state index contributed by atoms with van der Waals surface area (Å²) in [6.07, 6.45) is 8.42. The number of unbranched alkanes of at least 4 members (excludes halogenated alkanes) is 4. The topological polar surface area (TPSA) is 102 Å². The minimum absolute atomic E-state index is 0.135. The van der Waals surface area contributed by atoms with Crippen molar-refractivity contribution in [2.24, 2.45) is 0 Å². The average Bonchev–Trinajstić information content (AvgIpc) is 3.42. The monoisotopic (exact) mass is 594 g/mol. The van der Waals surface area contributed by atoms with E-state index in [0.29, 0.717) is 42.3 Å². The van der Waals surface area contributed by atoms with Crippen LogP contribution in [0, 0.1) is 6.92 Å². The van der Waals surface area contributed by atoms with Crippen LogP contribution in [0.4, 0.5) is 0 Å². The molecule has 1 aromatic heterocycles. The number of aromatic nitrogens is 1. The number of carbonyl (C=O) groups is 2. The highest BCUT2D eigenvalue weighted by Gasteiger charge is 2.20. The first kappa shape index (κ1) is 32.3. The molecule has 0 saturated heterocycles. The zero-order chi connectivity index (χ0) is 31.1. The number of benzene rings is 3. The number of carbonyl (C=O) groups excluding carboxylic acids is 1. The highest BCUT2D eigenvalue weighted by Crippen LogP contribution is 2.22. The van der Waals surface area contributed by atoms with Crippen LogP contribution >= 0.6 is 0 Å². The maximum atomic E-state index is 12.9. The molecule has 0 spiro atoms. The third-order valence-corrected chi connectivity index (χ3v) is 7.46. The zero-order valence-corrected chi connectivity index (χ0v) is 25.6. The second kappa shape index (κ2) is 16.8. The minimum Gasteiger partial charge on any atom is -0.493 e. The van der Waals surface area contributed by atoms with Crippen molar-refractivity contribution < 1.29 is 23.8 Å². The van der Waals surface area contributed by atoms with E-state index in [1.165, 1.54) is 6.42 Å². The molecule has 44 heavy (non-hydrogen) atoms. The van der Waals surface area contributed by atoms with Crippen molar-refractivity contribution in [3.8, 4) is 17.2 Å². The van der Waals surface area contributed by atoms with E-state index in [1.54, 1.807) is 18.2 Å². The molecular weight excluding hydrogens is 552 g/mol. The first-order valence-corrected chi connectivity index (χ1v) is 15.5. The van der Waals surface area contributed by atoms with Crippen LogP contribution in [0.15, 0.2) is 101 Å². The van der Waals surface area contributed by atoms with Crippen molar-refractivity contribution in [3.05, 3.63) is 119 Å². The lowest BCUT2D eigenvalue weighted by Gasteiger charge is -2.19. The largest absolute Gasteiger partial charge is 0.493 e. The highest BCUT2D eigenvalue weighted by molar-refractivity contribution is 6.04. The number of oxazole rings is 1. The number of hydrogen-bond donors (Lipinski definition) is 2. The standard InChI is InChI=1S/C37H42N2O5/c1-3-4-5-6-13-18-31(26-35(40)29-14-9-7-10-15-29)38-34(37(41)42)25-28-19-21-32(22-20-28)43-24-23-33-27(2)44-36(39-33)30-16-11-8-12-17-30/h7-12,14-17,19-22,26,34,38H,3-6,13,18,23-25H2,1-2H3,(H,41,42)/t34-/m0/s1. The first-order valence-electron chi connectivity index (χ1n) is 15.5. The van der Waals surface area contributed by atoms with Crippen LogP contribution in [-0.2, 0) is 17.6 Å². The molecule has 0 unspecified atom stereocenters. The summed E-state index contributed by atoms with van der Waals surface area (Å²) in [5.74, 6) is 0.966. The molecule has 3 aromatic carbocycles. The van der Waals surface area contributed by atoms with Crippen molar-refractivity contribution in [2.75, 3.05) is 6.61 Å². The summed E-state index contributed by atoms with van der Waals surface area (Å²) in [6.45, 7) is 4.51. The first-order chi connectivity index (χ1) is 21.4. The Balaban J connectivity index is 1.34. The number of rotatable bonds is 18. The summed E-state index contributed by atoms with van der Waals surface area (Å²) in [4.78, 5) is 29.8. The van der Waals surface area contributed by atoms with Gasteiger partial charge in [0.05, 0.1) is 12.3 Å². The lowest BCUT2D eigenvalue weighted by molar-refractivity contribution is -0.139. The third kappa shape index (κ3) is 9.97. The van der Waals surface area contributed by atoms with Crippen LogP contribution in [0.5, 0.6) is 5.75 Å². The Morgan fingerprint density at radius 3 is 2.30 bits per heavy atom. The van der Waals surface area contributed by atoms with Gasteiger partial charge in [0.25, 0.3) is 0 Å². The van der Waals surface area contributed by atoms with Gasteiger partial charge < -0.3 is 19.6 Å². The summed E-state index contributed by atoms with van der Waals surface area (Å²) < 4.78 is 11.8. The fourth-order valence-corrected chi connectivity index (χ4v) is 4.96. The summed E-state index contributed by atoms with van der Waals surface area (Å²) in [5.41, 5.74) is 3.88. The van der Waals surface area contributed by atoms with E-state index in [2.05, 4.69) is 17.2 Å². The molecule has 0 bridgehead atoms. The molecule has 0 radical (unpaired) electrons. The van der Waals surface area contributed by atoms with Crippen molar-refractivity contribution in [1.82, 2.24) is 10.3 Å². The number of hydrogen-bond acceptors (Lipinski definition) is 6. The van der Waals surface area contributed by atoms with Crippen molar-refractivity contribution in [2.45, 2.75) is 71.3 Å². The maximum Gasteiger partial charge on any atom is 0.326 e. The Labute approximate surface area is 260 Å². The van der Waals surface area contributed by atoms with Gasteiger partial charge in [-0.2, -0.15) is 0 Å². The predicted octanol–water partition coefficient (Wildman–Crippen LogP) is 7.98. The van der Waals surface area contributed by atoms with E-state index in [9.17, 15) is 14.7 Å². The summed E-state index contributed by atoms with van der Waals surface area (Å²) >= 11 is 0. The Bertz CT molecular complexity index is 1490. The van der Waals surface area contributed by atoms with Crippen LogP contribution < -0.4 is 10.1 Å². The second-order valence-electron chi connectivity index (χ2n) is 10.9. The zero-order valence-electron chi connectivity index (χ0n) is 25.6. The van der Waals surface area contributed by atoms with E-state index in [0.717, 1.165) is 48.3 Å². The normalized spacial score (nSPS) is 12.1. The smallest absolute Gasteiger partial charge is 0.326 e. The molecule has 1 heterocycles. The highest BCUT2D eigenvalue weighted by atomic mass is 16.5. The van der Waals surface area contributed by atoms with Gasteiger partial charge >= 0.3 is 5.97 Å². The Morgan fingerprint density at radius 2 is 1.61 bits per heavy atom. The molecule has 0 saturated carbocycles. The van der Waals surface area contributed by atoms with Gasteiger partial charge in [0, 0.05) is 35.7 Å². The Morgan fingerprint density at radius 1 is 0.932 bits per heavy atom. The van der Waals surface area contributed by atoms with Gasteiger partial charge in [-0.15, -0.1) is 0 Å². The van der Waals surface area contributed by atoms with E-state index in [1.807, 2.05) is 79.7 Å². The molecule has 1 atom stereocenters. The number of aryl methyl sites for hydroxylation is 1. The SMILES string of the molecule is CCCCCCCC(=CC(=O)c1ccccc1)N[C@@H](Cc1ccc(OCCc2nc(-c3ccccc3)oc2C)cc1)C(=O)O. The fraction of sp³-hybridized carbons (Fsp3) is 0.324. The number of allylic oxidation sites excluding steroid dienone is 2. The maximum absolute atomic E-state index is 12.9. The lowest BCUT2D eigenvalue weighted by atomic mass is 10.0. The van der Waals surface area contributed by atoms with Gasteiger partial charge in [-0.25, -0.2) is 9.78 Å².